The number of hydrogen-bond acceptors (Lipinski definition) is 5. The number of nitrogens with zero attached hydrogens (tertiary/aromatic N) is 3. The molecule has 0 aliphatic heterocycles. The second-order valence-electron chi connectivity index (χ2n) is 10.7. The van der Waals surface area contributed by atoms with Crippen LogP contribution in [0, 0.1) is 6.92 Å². The monoisotopic (exact) mass is 532 g/mol. The van der Waals surface area contributed by atoms with Crippen LogP contribution in [-0.4, -0.2) is 33.2 Å². The van der Waals surface area contributed by atoms with E-state index in [1.165, 1.54) is 5.56 Å². The summed E-state index contributed by atoms with van der Waals surface area (Å²) in [6.07, 6.45) is 5.48. The van der Waals surface area contributed by atoms with Crippen LogP contribution in [0.15, 0.2) is 85.3 Å². The highest BCUT2D eigenvalue weighted by molar-refractivity contribution is 6.05. The molecule has 8 heteroatoms. The highest BCUT2D eigenvalue weighted by atomic mass is 16.2. The first-order valence-electron chi connectivity index (χ1n) is 13.1. The van der Waals surface area contributed by atoms with E-state index in [2.05, 4.69) is 41.7 Å². The third-order valence-corrected chi connectivity index (χ3v) is 6.81. The van der Waals surface area contributed by atoms with Gasteiger partial charge in [-0.15, -0.1) is 0 Å². The molecule has 202 valence electrons. The number of benzene rings is 3. The third kappa shape index (κ3) is 5.56. The van der Waals surface area contributed by atoms with Gasteiger partial charge in [0.15, 0.2) is 11.5 Å². The predicted octanol–water partition coefficient (Wildman–Crippen LogP) is 6.36. The normalized spacial score (nSPS) is 11.3. The Morgan fingerprint density at radius 1 is 0.875 bits per heavy atom. The largest absolute Gasteiger partial charge is 0.355 e. The zero-order valence-electron chi connectivity index (χ0n) is 23.2. The van der Waals surface area contributed by atoms with Gasteiger partial charge in [-0.25, -0.2) is 9.97 Å². The van der Waals surface area contributed by atoms with E-state index in [4.69, 9.17) is 4.98 Å². The van der Waals surface area contributed by atoms with E-state index in [0.29, 0.717) is 34.0 Å². The summed E-state index contributed by atoms with van der Waals surface area (Å²) < 4.78 is 1.90. The van der Waals surface area contributed by atoms with Gasteiger partial charge < -0.3 is 20.4 Å². The summed E-state index contributed by atoms with van der Waals surface area (Å²) in [4.78, 5) is 34.3. The Morgan fingerprint density at radius 3 is 2.23 bits per heavy atom. The van der Waals surface area contributed by atoms with Crippen LogP contribution in [-0.2, 0) is 5.41 Å². The molecule has 0 radical (unpaired) electrons. The Bertz CT molecular complexity index is 1700. The van der Waals surface area contributed by atoms with Crippen molar-refractivity contribution in [3.8, 4) is 11.3 Å². The summed E-state index contributed by atoms with van der Waals surface area (Å²) in [7, 11) is 1.60. The number of aromatic nitrogens is 3. The Morgan fingerprint density at radius 2 is 1.55 bits per heavy atom. The molecule has 0 atom stereocenters. The quantitative estimate of drug-likeness (QED) is 0.236. The Balaban J connectivity index is 1.43. The van der Waals surface area contributed by atoms with Crippen LogP contribution >= 0.6 is 0 Å². The molecule has 2 heterocycles. The van der Waals surface area contributed by atoms with Crippen LogP contribution in [0.3, 0.4) is 0 Å². The number of rotatable bonds is 6. The van der Waals surface area contributed by atoms with Gasteiger partial charge in [-0.1, -0.05) is 45.0 Å². The smallest absolute Gasteiger partial charge is 0.255 e. The summed E-state index contributed by atoms with van der Waals surface area (Å²) in [5.41, 5.74) is 7.02. The predicted molar refractivity (Wildman–Crippen MR) is 159 cm³/mol. The molecule has 0 bridgehead atoms. The summed E-state index contributed by atoms with van der Waals surface area (Å²) in [6, 6.07) is 20.8. The highest BCUT2D eigenvalue weighted by Crippen LogP contribution is 2.29. The zero-order chi connectivity index (χ0) is 28.4. The lowest BCUT2D eigenvalue weighted by molar-refractivity contribution is 0.0962. The molecule has 0 aliphatic rings. The van der Waals surface area contributed by atoms with E-state index in [9.17, 15) is 9.59 Å². The van der Waals surface area contributed by atoms with Crippen molar-refractivity contribution < 1.29 is 9.59 Å². The van der Waals surface area contributed by atoms with Gasteiger partial charge in [0, 0.05) is 53.7 Å². The number of anilines is 3. The van der Waals surface area contributed by atoms with Crippen LogP contribution in [0.4, 0.5) is 17.2 Å². The average Bonchev–Trinajstić information content (AvgIpc) is 3.43. The van der Waals surface area contributed by atoms with E-state index < -0.39 is 0 Å². The van der Waals surface area contributed by atoms with Crippen molar-refractivity contribution in [3.05, 3.63) is 108 Å². The summed E-state index contributed by atoms with van der Waals surface area (Å²) in [6.45, 7) is 8.41. The van der Waals surface area contributed by atoms with Gasteiger partial charge in [0.1, 0.15) is 0 Å². The molecule has 0 spiro atoms. The summed E-state index contributed by atoms with van der Waals surface area (Å²) >= 11 is 0. The molecular formula is C32H32N6O2. The lowest BCUT2D eigenvalue weighted by Gasteiger charge is -2.19. The number of imidazole rings is 1. The molecule has 2 amide bonds. The molecule has 5 aromatic rings. The average molecular weight is 533 g/mol. The van der Waals surface area contributed by atoms with Gasteiger partial charge in [-0.2, -0.15) is 0 Å². The maximum Gasteiger partial charge on any atom is 0.255 e. The van der Waals surface area contributed by atoms with Crippen LogP contribution in [0.5, 0.6) is 0 Å². The first kappa shape index (κ1) is 26.6. The minimum absolute atomic E-state index is 0.0198. The summed E-state index contributed by atoms with van der Waals surface area (Å²) in [5.74, 6) is 0.257. The Hall–Kier alpha value is -4.98. The highest BCUT2D eigenvalue weighted by Gasteiger charge is 2.16. The van der Waals surface area contributed by atoms with Crippen LogP contribution in [0.25, 0.3) is 16.9 Å². The van der Waals surface area contributed by atoms with Crippen LogP contribution in [0.1, 0.15) is 52.6 Å². The second kappa shape index (κ2) is 10.6. The van der Waals surface area contributed by atoms with E-state index in [1.807, 2.05) is 78.3 Å². The number of hydrogen-bond donors (Lipinski definition) is 3. The lowest BCUT2D eigenvalue weighted by Crippen LogP contribution is -2.17. The van der Waals surface area contributed by atoms with Crippen molar-refractivity contribution in [2.45, 2.75) is 33.1 Å². The maximum absolute atomic E-state index is 13.1. The van der Waals surface area contributed by atoms with E-state index >= 15 is 0 Å². The molecule has 0 unspecified atom stereocenters. The zero-order valence-corrected chi connectivity index (χ0v) is 23.2. The molecular weight excluding hydrogens is 500 g/mol. The van der Waals surface area contributed by atoms with Gasteiger partial charge in [0.2, 0.25) is 0 Å². The first-order chi connectivity index (χ1) is 19.1. The number of nitrogens with one attached hydrogen (secondary N) is 3. The van der Waals surface area contributed by atoms with Gasteiger partial charge in [0.25, 0.3) is 11.8 Å². The molecule has 0 saturated heterocycles. The molecule has 0 aliphatic carbocycles. The third-order valence-electron chi connectivity index (χ3n) is 6.81. The molecule has 8 nitrogen and oxygen atoms in total. The van der Waals surface area contributed by atoms with Gasteiger partial charge in [0.05, 0.1) is 5.69 Å². The molecule has 0 saturated carbocycles. The number of carbonyl (C=O) groups is 2. The standard InChI is InChI=1S/C32H32N6O2/c1-20-6-7-23(18-26(20)37-31(40)22-8-12-24(13-9-22)32(2,3)4)27-19-38-17-16-34-29(38)28(36-27)35-25-14-10-21(11-15-25)30(39)33-5/h6-19H,1-5H3,(H,33,39)(H,35,36)(H,37,40). The molecule has 3 N–H and O–H groups in total. The molecule has 5 rings (SSSR count). The topological polar surface area (TPSA) is 100 Å². The molecule has 0 fully saturated rings. The molecule has 3 aromatic carbocycles. The Labute approximate surface area is 233 Å². The van der Waals surface area contributed by atoms with Crippen LogP contribution < -0.4 is 16.0 Å². The van der Waals surface area contributed by atoms with Crippen LogP contribution in [0.2, 0.25) is 0 Å². The fraction of sp³-hybridized carbons (Fsp3) is 0.188. The van der Waals surface area contributed by atoms with Gasteiger partial charge >= 0.3 is 0 Å². The number of carbonyl (C=O) groups excluding carboxylic acids is 2. The number of amides is 2. The number of aryl methyl sites for hydroxylation is 1. The lowest BCUT2D eigenvalue weighted by atomic mass is 9.86. The van der Waals surface area contributed by atoms with Crippen molar-refractivity contribution in [3.63, 3.8) is 0 Å². The van der Waals surface area contributed by atoms with Crippen molar-refractivity contribution in [1.29, 1.82) is 0 Å². The van der Waals surface area contributed by atoms with Crippen molar-refractivity contribution in [1.82, 2.24) is 19.7 Å². The van der Waals surface area contributed by atoms with E-state index in [-0.39, 0.29) is 17.2 Å². The van der Waals surface area contributed by atoms with Crippen molar-refractivity contribution in [2.24, 2.45) is 0 Å². The SMILES string of the molecule is CNC(=O)c1ccc(Nc2nc(-c3ccc(C)c(NC(=O)c4ccc(C(C)(C)C)cc4)c3)cn3ccnc23)cc1. The van der Waals surface area contributed by atoms with Gasteiger partial charge in [-0.3, -0.25) is 9.59 Å². The fourth-order valence-corrected chi connectivity index (χ4v) is 4.37. The molecule has 2 aromatic heterocycles. The maximum atomic E-state index is 13.1. The van der Waals surface area contributed by atoms with Gasteiger partial charge in [-0.05, 0) is 65.9 Å². The minimum atomic E-state index is -0.165. The molecule has 40 heavy (non-hydrogen) atoms. The van der Waals surface area contributed by atoms with E-state index in [0.717, 1.165) is 16.8 Å². The Kier molecular flexibility index (Phi) is 7.09. The van der Waals surface area contributed by atoms with Crippen molar-refractivity contribution in [2.75, 3.05) is 17.7 Å². The fourth-order valence-electron chi connectivity index (χ4n) is 4.37. The summed E-state index contributed by atoms with van der Waals surface area (Å²) in [5, 5.41) is 9.02. The van der Waals surface area contributed by atoms with Crippen molar-refractivity contribution >= 4 is 34.7 Å². The number of fused-ring (bicyclic) bond motifs is 1. The minimum Gasteiger partial charge on any atom is -0.355 e. The van der Waals surface area contributed by atoms with E-state index in [1.54, 1.807) is 25.4 Å². The first-order valence-corrected chi connectivity index (χ1v) is 13.1. The second-order valence-corrected chi connectivity index (χ2v) is 10.7.